The molecule has 1 aliphatic carbocycles. The molecule has 0 aliphatic heterocycles. The third-order valence-electron chi connectivity index (χ3n) is 4.47. The Balaban J connectivity index is 1.64. The van der Waals surface area contributed by atoms with Gasteiger partial charge in [0, 0.05) is 12.6 Å². The third-order valence-corrected chi connectivity index (χ3v) is 4.80. The summed E-state index contributed by atoms with van der Waals surface area (Å²) in [5.74, 6) is -0.426. The number of rotatable bonds is 4. The molecule has 0 bridgehead atoms. The summed E-state index contributed by atoms with van der Waals surface area (Å²) < 4.78 is 0. The zero-order valence-corrected chi connectivity index (χ0v) is 15.0. The van der Waals surface area contributed by atoms with E-state index >= 15 is 0 Å². The Morgan fingerprint density at radius 1 is 1.08 bits per heavy atom. The molecule has 0 atom stereocenters. The Hall–Kier alpha value is -2.33. The first-order chi connectivity index (χ1) is 12.0. The minimum Gasteiger partial charge on any atom is -0.332 e. The van der Waals surface area contributed by atoms with E-state index in [-0.39, 0.29) is 18.4 Å². The fourth-order valence-electron chi connectivity index (χ4n) is 3.13. The van der Waals surface area contributed by atoms with E-state index in [1.165, 1.54) is 28.9 Å². The standard InChI is InChI=1S/C20H21ClN2O2/c1-23(13-19(24)22-18-9-5-4-8-17(18)21)20(25)16-11-10-14-6-2-3-7-15(14)12-16/h4-5,8-12H,2-3,6-7,13H2,1H3,(H,22,24). The number of halogens is 1. The van der Waals surface area contributed by atoms with E-state index in [0.29, 0.717) is 16.3 Å². The van der Waals surface area contributed by atoms with Crippen molar-refractivity contribution in [2.45, 2.75) is 25.7 Å². The van der Waals surface area contributed by atoms with E-state index in [9.17, 15) is 9.59 Å². The van der Waals surface area contributed by atoms with E-state index in [1.807, 2.05) is 18.2 Å². The van der Waals surface area contributed by atoms with Crippen molar-refractivity contribution in [3.05, 3.63) is 64.2 Å². The van der Waals surface area contributed by atoms with Crippen LogP contribution in [0.3, 0.4) is 0 Å². The van der Waals surface area contributed by atoms with Crippen LogP contribution in [0.1, 0.15) is 34.3 Å². The van der Waals surface area contributed by atoms with E-state index in [2.05, 4.69) is 5.32 Å². The summed E-state index contributed by atoms with van der Waals surface area (Å²) >= 11 is 6.04. The zero-order valence-electron chi connectivity index (χ0n) is 14.2. The van der Waals surface area contributed by atoms with Crippen molar-refractivity contribution in [2.75, 3.05) is 18.9 Å². The molecular formula is C20H21ClN2O2. The van der Waals surface area contributed by atoms with Gasteiger partial charge >= 0.3 is 0 Å². The topological polar surface area (TPSA) is 49.4 Å². The predicted octanol–water partition coefficient (Wildman–Crippen LogP) is 3.93. The maximum atomic E-state index is 12.6. The highest BCUT2D eigenvalue weighted by molar-refractivity contribution is 6.33. The molecule has 5 heteroatoms. The summed E-state index contributed by atoms with van der Waals surface area (Å²) in [6, 6.07) is 12.9. The summed E-state index contributed by atoms with van der Waals surface area (Å²) in [7, 11) is 1.63. The first-order valence-corrected chi connectivity index (χ1v) is 8.84. The minimum absolute atomic E-state index is 0.0266. The SMILES string of the molecule is CN(CC(=O)Nc1ccccc1Cl)C(=O)c1ccc2c(c1)CCCC2. The number of carbonyl (C=O) groups excluding carboxylic acids is 2. The molecule has 0 saturated carbocycles. The highest BCUT2D eigenvalue weighted by atomic mass is 35.5. The number of likely N-dealkylation sites (N-methyl/N-ethyl adjacent to an activating group) is 1. The lowest BCUT2D eigenvalue weighted by Gasteiger charge is -2.20. The minimum atomic E-state index is -0.276. The number of anilines is 1. The van der Waals surface area contributed by atoms with Gasteiger partial charge in [-0.15, -0.1) is 0 Å². The number of benzene rings is 2. The van der Waals surface area contributed by atoms with Gasteiger partial charge in [-0.1, -0.05) is 29.8 Å². The first kappa shape index (κ1) is 17.5. The van der Waals surface area contributed by atoms with E-state index in [4.69, 9.17) is 11.6 Å². The smallest absolute Gasteiger partial charge is 0.254 e. The van der Waals surface area contributed by atoms with Crippen molar-refractivity contribution in [2.24, 2.45) is 0 Å². The number of carbonyl (C=O) groups is 2. The number of amides is 2. The van der Waals surface area contributed by atoms with Gasteiger partial charge in [-0.25, -0.2) is 0 Å². The maximum Gasteiger partial charge on any atom is 0.254 e. The van der Waals surface area contributed by atoms with Crippen LogP contribution in [0.2, 0.25) is 5.02 Å². The largest absolute Gasteiger partial charge is 0.332 e. The van der Waals surface area contributed by atoms with Crippen molar-refractivity contribution in [3.8, 4) is 0 Å². The molecule has 2 aromatic carbocycles. The Labute approximate surface area is 152 Å². The highest BCUT2D eigenvalue weighted by Gasteiger charge is 2.18. The van der Waals surface area contributed by atoms with Gasteiger partial charge in [-0.05, 0) is 61.1 Å². The van der Waals surface area contributed by atoms with E-state index < -0.39 is 0 Å². The molecule has 0 aromatic heterocycles. The molecule has 3 rings (SSSR count). The fourth-order valence-corrected chi connectivity index (χ4v) is 3.31. The van der Waals surface area contributed by atoms with Crippen LogP contribution in [0.4, 0.5) is 5.69 Å². The third kappa shape index (κ3) is 4.20. The van der Waals surface area contributed by atoms with Crippen LogP contribution in [0.5, 0.6) is 0 Å². The Bertz CT molecular complexity index is 804. The maximum absolute atomic E-state index is 12.6. The number of hydrogen-bond acceptors (Lipinski definition) is 2. The molecule has 0 spiro atoms. The van der Waals surface area contributed by atoms with Crippen LogP contribution in [-0.4, -0.2) is 30.3 Å². The van der Waals surface area contributed by atoms with Gasteiger partial charge in [0.05, 0.1) is 17.3 Å². The second-order valence-corrected chi connectivity index (χ2v) is 6.79. The van der Waals surface area contributed by atoms with E-state index in [0.717, 1.165) is 12.8 Å². The zero-order chi connectivity index (χ0) is 17.8. The molecule has 1 N–H and O–H groups in total. The lowest BCUT2D eigenvalue weighted by Crippen LogP contribution is -2.35. The molecule has 0 unspecified atom stereocenters. The van der Waals surface area contributed by atoms with Crippen LogP contribution in [0, 0.1) is 0 Å². The summed E-state index contributed by atoms with van der Waals surface area (Å²) in [5, 5.41) is 3.20. The van der Waals surface area contributed by atoms with Crippen LogP contribution >= 0.6 is 11.6 Å². The summed E-state index contributed by atoms with van der Waals surface area (Å²) in [5.41, 5.74) is 3.77. The lowest BCUT2D eigenvalue weighted by molar-refractivity contribution is -0.116. The summed E-state index contributed by atoms with van der Waals surface area (Å²) in [4.78, 5) is 26.2. The van der Waals surface area contributed by atoms with Gasteiger partial charge < -0.3 is 10.2 Å². The number of nitrogens with zero attached hydrogens (tertiary/aromatic N) is 1. The Kier molecular flexibility index (Phi) is 5.39. The monoisotopic (exact) mass is 356 g/mol. The highest BCUT2D eigenvalue weighted by Crippen LogP contribution is 2.23. The second-order valence-electron chi connectivity index (χ2n) is 6.38. The molecule has 0 fully saturated rings. The number of hydrogen-bond donors (Lipinski definition) is 1. The predicted molar refractivity (Wildman–Crippen MR) is 100 cm³/mol. The van der Waals surface area contributed by atoms with Gasteiger partial charge in [-0.3, -0.25) is 9.59 Å². The van der Waals surface area contributed by atoms with Crippen LogP contribution < -0.4 is 5.32 Å². The van der Waals surface area contributed by atoms with Crippen LogP contribution in [0.25, 0.3) is 0 Å². The molecule has 130 valence electrons. The van der Waals surface area contributed by atoms with Crippen LogP contribution in [-0.2, 0) is 17.6 Å². The molecule has 1 aliphatic rings. The molecule has 0 heterocycles. The number of aryl methyl sites for hydroxylation is 2. The Morgan fingerprint density at radius 3 is 2.56 bits per heavy atom. The average Bonchev–Trinajstić information content (AvgIpc) is 2.62. The molecule has 0 radical (unpaired) electrons. The second kappa shape index (κ2) is 7.70. The number of nitrogens with one attached hydrogen (secondary N) is 1. The Morgan fingerprint density at radius 2 is 1.80 bits per heavy atom. The average molecular weight is 357 g/mol. The number of para-hydroxylation sites is 1. The molecule has 4 nitrogen and oxygen atoms in total. The van der Waals surface area contributed by atoms with Crippen molar-refractivity contribution < 1.29 is 9.59 Å². The molecule has 2 amide bonds. The summed E-state index contributed by atoms with van der Waals surface area (Å²) in [6.07, 6.45) is 4.48. The molecule has 2 aromatic rings. The van der Waals surface area contributed by atoms with Crippen LogP contribution in [0.15, 0.2) is 42.5 Å². The molecule has 0 saturated heterocycles. The first-order valence-electron chi connectivity index (χ1n) is 8.46. The molecule has 25 heavy (non-hydrogen) atoms. The van der Waals surface area contributed by atoms with Gasteiger partial charge in [-0.2, -0.15) is 0 Å². The van der Waals surface area contributed by atoms with Gasteiger partial charge in [0.1, 0.15) is 0 Å². The van der Waals surface area contributed by atoms with Crippen molar-refractivity contribution in [3.63, 3.8) is 0 Å². The quantitative estimate of drug-likeness (QED) is 0.902. The van der Waals surface area contributed by atoms with Gasteiger partial charge in [0.25, 0.3) is 5.91 Å². The van der Waals surface area contributed by atoms with Gasteiger partial charge in [0.15, 0.2) is 0 Å². The van der Waals surface area contributed by atoms with Crippen molar-refractivity contribution in [1.82, 2.24) is 4.90 Å². The summed E-state index contributed by atoms with van der Waals surface area (Å²) in [6.45, 7) is -0.0266. The van der Waals surface area contributed by atoms with Crippen molar-refractivity contribution in [1.29, 1.82) is 0 Å². The fraction of sp³-hybridized carbons (Fsp3) is 0.300. The molecular weight excluding hydrogens is 336 g/mol. The number of fused-ring (bicyclic) bond motifs is 1. The van der Waals surface area contributed by atoms with E-state index in [1.54, 1.807) is 31.3 Å². The lowest BCUT2D eigenvalue weighted by atomic mass is 9.90. The van der Waals surface area contributed by atoms with Gasteiger partial charge in [0.2, 0.25) is 5.91 Å². The normalized spacial score (nSPS) is 13.0. The van der Waals surface area contributed by atoms with Crippen molar-refractivity contribution >= 4 is 29.1 Å².